The van der Waals surface area contributed by atoms with Crippen molar-refractivity contribution in [3.63, 3.8) is 0 Å². The van der Waals surface area contributed by atoms with Crippen LogP contribution in [0.15, 0.2) is 30.6 Å². The van der Waals surface area contributed by atoms with Crippen LogP contribution in [0.5, 0.6) is 11.5 Å². The summed E-state index contributed by atoms with van der Waals surface area (Å²) in [5.74, 6) is 0.825. The zero-order valence-electron chi connectivity index (χ0n) is 14.8. The van der Waals surface area contributed by atoms with E-state index < -0.39 is 6.61 Å². The molecule has 27 heavy (non-hydrogen) atoms. The maximum absolute atomic E-state index is 12.8. The monoisotopic (exact) mass is 371 g/mol. The standard InChI is InChI=1S/C18H15F2N5O2/c1-9-4-5-21-8-12(9)17-22-10(2)16-24-23-15-13(25(16)17)6-11(27-18(19)20)7-14(15)26-3/h4-8,18H,1-3H3. The number of hydrogen-bond donors (Lipinski definition) is 0. The van der Waals surface area contributed by atoms with Crippen LogP contribution >= 0.6 is 0 Å². The fourth-order valence-electron chi connectivity index (χ4n) is 3.01. The van der Waals surface area contributed by atoms with Crippen molar-refractivity contribution in [1.82, 2.24) is 24.6 Å². The number of alkyl halides is 2. The summed E-state index contributed by atoms with van der Waals surface area (Å²) in [6, 6.07) is 4.70. The molecule has 4 rings (SSSR count). The first-order chi connectivity index (χ1) is 13.0. The third-order valence-electron chi connectivity index (χ3n) is 4.26. The van der Waals surface area contributed by atoms with Gasteiger partial charge in [0.1, 0.15) is 11.6 Å². The van der Waals surface area contributed by atoms with E-state index in [9.17, 15) is 8.78 Å². The molecule has 0 amide bonds. The molecule has 0 spiro atoms. The second-order valence-corrected chi connectivity index (χ2v) is 5.94. The molecule has 3 aromatic heterocycles. The molecule has 0 bridgehead atoms. The van der Waals surface area contributed by atoms with Gasteiger partial charge in [0.05, 0.1) is 18.3 Å². The minimum Gasteiger partial charge on any atom is -0.494 e. The lowest BCUT2D eigenvalue weighted by Gasteiger charge is -2.12. The molecular weight excluding hydrogens is 356 g/mol. The topological polar surface area (TPSA) is 74.4 Å². The Morgan fingerprint density at radius 2 is 1.96 bits per heavy atom. The fraction of sp³-hybridized carbons (Fsp3) is 0.222. The molecule has 0 atom stereocenters. The molecular formula is C18H15F2N5O2. The van der Waals surface area contributed by atoms with E-state index in [0.717, 1.165) is 11.1 Å². The van der Waals surface area contributed by atoms with Crippen LogP contribution in [0, 0.1) is 13.8 Å². The zero-order chi connectivity index (χ0) is 19.1. The molecule has 0 fully saturated rings. The van der Waals surface area contributed by atoms with E-state index in [1.165, 1.54) is 19.2 Å². The van der Waals surface area contributed by atoms with Crippen molar-refractivity contribution < 1.29 is 18.3 Å². The number of imidazole rings is 1. The highest BCUT2D eigenvalue weighted by Gasteiger charge is 2.19. The van der Waals surface area contributed by atoms with Crippen LogP contribution in [0.4, 0.5) is 8.78 Å². The van der Waals surface area contributed by atoms with Gasteiger partial charge in [0, 0.05) is 30.1 Å². The predicted octanol–water partition coefficient (Wildman–Crippen LogP) is 3.57. The highest BCUT2D eigenvalue weighted by atomic mass is 19.3. The maximum Gasteiger partial charge on any atom is 0.387 e. The van der Waals surface area contributed by atoms with Crippen LogP contribution in [0.3, 0.4) is 0 Å². The van der Waals surface area contributed by atoms with Gasteiger partial charge in [-0.15, -0.1) is 10.2 Å². The van der Waals surface area contributed by atoms with E-state index in [4.69, 9.17) is 4.74 Å². The minimum absolute atomic E-state index is 0.0381. The third kappa shape index (κ3) is 2.80. The lowest BCUT2D eigenvalue weighted by molar-refractivity contribution is -0.0498. The number of benzene rings is 1. The van der Waals surface area contributed by atoms with Crippen molar-refractivity contribution >= 4 is 16.7 Å². The molecule has 0 saturated heterocycles. The van der Waals surface area contributed by atoms with Gasteiger partial charge < -0.3 is 9.47 Å². The van der Waals surface area contributed by atoms with Gasteiger partial charge in [0.15, 0.2) is 16.9 Å². The van der Waals surface area contributed by atoms with Crippen LogP contribution in [0.25, 0.3) is 28.1 Å². The Hall–Kier alpha value is -3.36. The lowest BCUT2D eigenvalue weighted by atomic mass is 10.1. The Morgan fingerprint density at radius 1 is 1.15 bits per heavy atom. The SMILES string of the molecule is COc1cc(OC(F)F)cc2c1nnc1c(C)nc(-c3cnccc3C)n12. The summed E-state index contributed by atoms with van der Waals surface area (Å²) in [6.45, 7) is 0.791. The quantitative estimate of drug-likeness (QED) is 0.546. The molecule has 3 heterocycles. The van der Waals surface area contributed by atoms with E-state index in [1.54, 1.807) is 16.8 Å². The van der Waals surface area contributed by atoms with Gasteiger partial charge in [-0.25, -0.2) is 4.98 Å². The van der Waals surface area contributed by atoms with Crippen LogP contribution in [-0.2, 0) is 0 Å². The number of nitrogens with zero attached hydrogens (tertiary/aromatic N) is 5. The molecule has 0 saturated carbocycles. The lowest BCUT2D eigenvalue weighted by Crippen LogP contribution is -2.04. The molecule has 0 aliphatic heterocycles. The van der Waals surface area contributed by atoms with Gasteiger partial charge in [-0.1, -0.05) is 0 Å². The van der Waals surface area contributed by atoms with Crippen molar-refractivity contribution in [3.8, 4) is 22.9 Å². The smallest absolute Gasteiger partial charge is 0.387 e. The molecule has 138 valence electrons. The summed E-state index contributed by atoms with van der Waals surface area (Å²) in [5.41, 5.74) is 3.84. The van der Waals surface area contributed by atoms with Gasteiger partial charge in [-0.2, -0.15) is 8.78 Å². The summed E-state index contributed by atoms with van der Waals surface area (Å²) in [5, 5.41) is 8.44. The first kappa shape index (κ1) is 17.1. The zero-order valence-corrected chi connectivity index (χ0v) is 14.8. The van der Waals surface area contributed by atoms with Gasteiger partial charge in [0.2, 0.25) is 0 Å². The Bertz CT molecular complexity index is 1160. The van der Waals surface area contributed by atoms with Gasteiger partial charge >= 0.3 is 6.61 Å². The Morgan fingerprint density at radius 3 is 2.67 bits per heavy atom. The number of methoxy groups -OCH3 is 1. The molecule has 0 aliphatic carbocycles. The van der Waals surface area contributed by atoms with E-state index in [1.807, 2.05) is 19.9 Å². The largest absolute Gasteiger partial charge is 0.494 e. The molecule has 0 unspecified atom stereocenters. The average molecular weight is 371 g/mol. The van der Waals surface area contributed by atoms with Crippen LogP contribution in [0.1, 0.15) is 11.3 Å². The second-order valence-electron chi connectivity index (χ2n) is 5.94. The molecule has 0 radical (unpaired) electrons. The molecule has 4 aromatic rings. The number of rotatable bonds is 4. The van der Waals surface area contributed by atoms with Gasteiger partial charge in [0.25, 0.3) is 0 Å². The van der Waals surface area contributed by atoms with Crippen LogP contribution in [0.2, 0.25) is 0 Å². The Kier molecular flexibility index (Phi) is 4.06. The van der Waals surface area contributed by atoms with Crippen molar-refractivity contribution in [2.24, 2.45) is 0 Å². The molecule has 1 aromatic carbocycles. The third-order valence-corrected chi connectivity index (χ3v) is 4.26. The Labute approximate surface area is 152 Å². The molecule has 0 aliphatic rings. The van der Waals surface area contributed by atoms with E-state index in [0.29, 0.717) is 28.2 Å². The second kappa shape index (κ2) is 6.42. The van der Waals surface area contributed by atoms with Gasteiger partial charge in [-0.05, 0) is 25.5 Å². The number of aromatic nitrogens is 5. The summed E-state index contributed by atoms with van der Waals surface area (Å²) in [6.07, 6.45) is 3.39. The van der Waals surface area contributed by atoms with Crippen LogP contribution < -0.4 is 9.47 Å². The van der Waals surface area contributed by atoms with E-state index >= 15 is 0 Å². The van der Waals surface area contributed by atoms with Crippen molar-refractivity contribution in [1.29, 1.82) is 0 Å². The van der Waals surface area contributed by atoms with Crippen molar-refractivity contribution in [2.75, 3.05) is 7.11 Å². The molecule has 7 nitrogen and oxygen atoms in total. The number of fused-ring (bicyclic) bond motifs is 3. The van der Waals surface area contributed by atoms with Gasteiger partial charge in [-0.3, -0.25) is 9.38 Å². The molecule has 0 N–H and O–H groups in total. The fourth-order valence-corrected chi connectivity index (χ4v) is 3.01. The first-order valence-corrected chi connectivity index (χ1v) is 8.09. The predicted molar refractivity (Wildman–Crippen MR) is 94.2 cm³/mol. The number of halogens is 2. The van der Waals surface area contributed by atoms with Crippen molar-refractivity contribution in [2.45, 2.75) is 20.5 Å². The summed E-state index contributed by atoms with van der Waals surface area (Å²) in [7, 11) is 1.43. The van der Waals surface area contributed by atoms with E-state index in [-0.39, 0.29) is 11.5 Å². The number of ether oxygens (including phenoxy) is 2. The first-order valence-electron chi connectivity index (χ1n) is 8.09. The number of aryl methyl sites for hydroxylation is 2. The molecule has 9 heteroatoms. The van der Waals surface area contributed by atoms with Crippen LogP contribution in [-0.4, -0.2) is 38.3 Å². The number of hydrogen-bond acceptors (Lipinski definition) is 6. The van der Waals surface area contributed by atoms with Crippen molar-refractivity contribution in [3.05, 3.63) is 41.9 Å². The maximum atomic E-state index is 12.8. The summed E-state index contributed by atoms with van der Waals surface area (Å²) < 4.78 is 37.1. The minimum atomic E-state index is -2.96. The summed E-state index contributed by atoms with van der Waals surface area (Å²) >= 11 is 0. The summed E-state index contributed by atoms with van der Waals surface area (Å²) in [4.78, 5) is 8.78. The Balaban J connectivity index is 2.12. The number of pyridine rings is 1. The normalized spacial score (nSPS) is 11.5. The highest BCUT2D eigenvalue weighted by Crippen LogP contribution is 2.33. The van der Waals surface area contributed by atoms with E-state index in [2.05, 4.69) is 24.9 Å². The average Bonchev–Trinajstić information content (AvgIpc) is 2.98. The highest BCUT2D eigenvalue weighted by molar-refractivity contribution is 5.86.